The molecular formula is C38H22S2. The fourth-order valence-corrected chi connectivity index (χ4v) is 8.65. The maximum absolute atomic E-state index is 2.38. The van der Waals surface area contributed by atoms with Crippen LogP contribution in [-0.2, 0) is 0 Å². The Morgan fingerprint density at radius 1 is 0.400 bits per heavy atom. The van der Waals surface area contributed by atoms with Crippen molar-refractivity contribution in [3.63, 3.8) is 0 Å². The van der Waals surface area contributed by atoms with Gasteiger partial charge in [-0.1, -0.05) is 103 Å². The molecule has 0 spiro atoms. The molecule has 0 N–H and O–H groups in total. The molecule has 0 radical (unpaired) electrons. The smallest absolute Gasteiger partial charge is 0.0434 e. The average molecular weight is 543 g/mol. The summed E-state index contributed by atoms with van der Waals surface area (Å²) in [6, 6.07) is 47.3. The van der Waals surface area contributed by atoms with E-state index in [9.17, 15) is 0 Å². The minimum atomic E-state index is 1.26. The van der Waals surface area contributed by atoms with E-state index in [1.165, 1.54) is 84.8 Å². The Morgan fingerprint density at radius 2 is 1.07 bits per heavy atom. The Bertz CT molecular complexity index is 2380. The number of hydrogen-bond acceptors (Lipinski definition) is 2. The highest BCUT2D eigenvalue weighted by Crippen LogP contribution is 2.48. The van der Waals surface area contributed by atoms with Crippen molar-refractivity contribution in [3.8, 4) is 22.3 Å². The molecule has 9 aromatic rings. The van der Waals surface area contributed by atoms with Crippen molar-refractivity contribution in [2.75, 3.05) is 0 Å². The van der Waals surface area contributed by atoms with Gasteiger partial charge in [0.25, 0.3) is 0 Å². The van der Waals surface area contributed by atoms with Crippen molar-refractivity contribution in [1.82, 2.24) is 0 Å². The molecule has 40 heavy (non-hydrogen) atoms. The normalized spacial score (nSPS) is 12.0. The molecule has 2 heteroatoms. The molecule has 9 rings (SSSR count). The summed E-state index contributed by atoms with van der Waals surface area (Å²) in [5.41, 5.74) is 5.22. The predicted octanol–water partition coefficient (Wildman–Crippen LogP) is 12.1. The Morgan fingerprint density at radius 3 is 1.85 bits per heavy atom. The van der Waals surface area contributed by atoms with E-state index in [-0.39, 0.29) is 0 Å². The largest absolute Gasteiger partial charge is 0.144 e. The molecule has 0 aliphatic heterocycles. The van der Waals surface area contributed by atoms with E-state index < -0.39 is 0 Å². The molecule has 2 aromatic heterocycles. The first-order valence-electron chi connectivity index (χ1n) is 13.6. The zero-order valence-electron chi connectivity index (χ0n) is 21.5. The van der Waals surface area contributed by atoms with Crippen molar-refractivity contribution in [2.45, 2.75) is 0 Å². The van der Waals surface area contributed by atoms with Gasteiger partial charge in [-0.25, -0.2) is 0 Å². The first kappa shape index (κ1) is 22.3. The van der Waals surface area contributed by atoms with Gasteiger partial charge in [-0.2, -0.15) is 0 Å². The second-order valence-corrected chi connectivity index (χ2v) is 12.5. The SMILES string of the molecule is c1ccc2cc(-c3c4ccccc4c(-c4cccc5c4sc4cc6sccc6cc45)c4ccccc34)ccc2c1. The van der Waals surface area contributed by atoms with Crippen molar-refractivity contribution in [1.29, 1.82) is 0 Å². The number of fused-ring (bicyclic) bond motifs is 7. The zero-order chi connectivity index (χ0) is 26.2. The third-order valence-electron chi connectivity index (χ3n) is 8.31. The molecule has 186 valence electrons. The quantitative estimate of drug-likeness (QED) is 0.191. The van der Waals surface area contributed by atoms with Gasteiger partial charge in [0.1, 0.15) is 0 Å². The monoisotopic (exact) mass is 542 g/mol. The summed E-state index contributed by atoms with van der Waals surface area (Å²) in [5, 5.41) is 14.0. The Balaban J connectivity index is 1.41. The van der Waals surface area contributed by atoms with Crippen molar-refractivity contribution < 1.29 is 0 Å². The lowest BCUT2D eigenvalue weighted by atomic mass is 9.85. The van der Waals surface area contributed by atoms with Crippen LogP contribution in [0, 0.1) is 0 Å². The number of thiophene rings is 2. The van der Waals surface area contributed by atoms with Crippen LogP contribution in [0.1, 0.15) is 0 Å². The fraction of sp³-hybridized carbons (Fsp3) is 0. The number of rotatable bonds is 2. The highest BCUT2D eigenvalue weighted by molar-refractivity contribution is 7.26. The van der Waals surface area contributed by atoms with Crippen LogP contribution in [0.2, 0.25) is 0 Å². The standard InChI is InChI=1S/C38H22S2/c1-2-9-24-20-26(17-16-23(24)8-1)36-27-10-3-5-12-29(27)37(30-13-6-4-11-28(30)36)32-15-7-14-31-33-21-25-18-19-39-34(25)22-35(33)40-38(31)32/h1-22H. The van der Waals surface area contributed by atoms with Gasteiger partial charge in [0.15, 0.2) is 0 Å². The van der Waals surface area contributed by atoms with Crippen LogP contribution < -0.4 is 0 Å². The van der Waals surface area contributed by atoms with Crippen LogP contribution in [0.15, 0.2) is 133 Å². The van der Waals surface area contributed by atoms with Gasteiger partial charge in [0, 0.05) is 30.4 Å². The van der Waals surface area contributed by atoms with E-state index in [2.05, 4.69) is 133 Å². The maximum Gasteiger partial charge on any atom is 0.0434 e. The number of hydrogen-bond donors (Lipinski definition) is 0. The topological polar surface area (TPSA) is 0 Å². The summed E-state index contributed by atoms with van der Waals surface area (Å²) in [6.07, 6.45) is 0. The lowest BCUT2D eigenvalue weighted by molar-refractivity contribution is 1.69. The van der Waals surface area contributed by atoms with Crippen LogP contribution in [0.3, 0.4) is 0 Å². The van der Waals surface area contributed by atoms with Crippen LogP contribution >= 0.6 is 22.7 Å². The van der Waals surface area contributed by atoms with Crippen LogP contribution in [0.25, 0.3) is 84.8 Å². The first-order valence-corrected chi connectivity index (χ1v) is 15.3. The molecule has 7 aromatic carbocycles. The predicted molar refractivity (Wildman–Crippen MR) is 178 cm³/mol. The van der Waals surface area contributed by atoms with Crippen molar-refractivity contribution in [2.24, 2.45) is 0 Å². The summed E-state index contributed by atoms with van der Waals surface area (Å²) >= 11 is 3.75. The summed E-state index contributed by atoms with van der Waals surface area (Å²) in [7, 11) is 0. The van der Waals surface area contributed by atoms with Gasteiger partial charge in [0.05, 0.1) is 0 Å². The highest BCUT2D eigenvalue weighted by atomic mass is 32.1. The third-order valence-corrected chi connectivity index (χ3v) is 10.4. The molecule has 0 aliphatic rings. The molecule has 0 saturated heterocycles. The van der Waals surface area contributed by atoms with Gasteiger partial charge in [0.2, 0.25) is 0 Å². The Kier molecular flexibility index (Phi) is 4.74. The molecule has 0 aliphatic carbocycles. The zero-order valence-corrected chi connectivity index (χ0v) is 23.2. The van der Waals surface area contributed by atoms with E-state index in [4.69, 9.17) is 0 Å². The second-order valence-electron chi connectivity index (χ2n) is 10.5. The summed E-state index contributed by atoms with van der Waals surface area (Å²) in [5.74, 6) is 0. The summed E-state index contributed by atoms with van der Waals surface area (Å²) in [6.45, 7) is 0. The van der Waals surface area contributed by atoms with E-state index in [0.29, 0.717) is 0 Å². The first-order chi connectivity index (χ1) is 19.8. The van der Waals surface area contributed by atoms with Gasteiger partial charge in [-0.05, 0) is 84.0 Å². The lowest BCUT2D eigenvalue weighted by Crippen LogP contribution is -1.91. The molecule has 0 bridgehead atoms. The molecule has 2 heterocycles. The van der Waals surface area contributed by atoms with E-state index in [1.54, 1.807) is 0 Å². The Hall–Kier alpha value is -4.50. The lowest BCUT2D eigenvalue weighted by Gasteiger charge is -2.18. The van der Waals surface area contributed by atoms with E-state index in [1.807, 2.05) is 22.7 Å². The average Bonchev–Trinajstić information content (AvgIpc) is 3.62. The van der Waals surface area contributed by atoms with E-state index in [0.717, 1.165) is 0 Å². The number of benzene rings is 7. The summed E-state index contributed by atoms with van der Waals surface area (Å²) < 4.78 is 4.08. The van der Waals surface area contributed by atoms with Crippen LogP contribution in [0.5, 0.6) is 0 Å². The van der Waals surface area contributed by atoms with Crippen molar-refractivity contribution in [3.05, 3.63) is 133 Å². The van der Waals surface area contributed by atoms with Gasteiger partial charge in [-0.3, -0.25) is 0 Å². The fourth-order valence-electron chi connectivity index (χ4n) is 6.53. The molecular weight excluding hydrogens is 521 g/mol. The van der Waals surface area contributed by atoms with Gasteiger partial charge < -0.3 is 0 Å². The molecule has 0 saturated carbocycles. The second kappa shape index (κ2) is 8.50. The molecule has 0 atom stereocenters. The minimum Gasteiger partial charge on any atom is -0.144 e. The highest BCUT2D eigenvalue weighted by Gasteiger charge is 2.19. The molecule has 0 unspecified atom stereocenters. The molecule has 0 fully saturated rings. The van der Waals surface area contributed by atoms with Crippen molar-refractivity contribution >= 4 is 85.2 Å². The van der Waals surface area contributed by atoms with Crippen LogP contribution in [0.4, 0.5) is 0 Å². The summed E-state index contributed by atoms with van der Waals surface area (Å²) in [4.78, 5) is 0. The molecule has 0 nitrogen and oxygen atoms in total. The maximum atomic E-state index is 2.38. The van der Waals surface area contributed by atoms with E-state index >= 15 is 0 Å². The van der Waals surface area contributed by atoms with Crippen LogP contribution in [-0.4, -0.2) is 0 Å². The Labute approximate surface area is 239 Å². The molecule has 0 amide bonds. The van der Waals surface area contributed by atoms with Gasteiger partial charge in [-0.15, -0.1) is 22.7 Å². The minimum absolute atomic E-state index is 1.26. The third kappa shape index (κ3) is 3.18. The van der Waals surface area contributed by atoms with Gasteiger partial charge >= 0.3 is 0 Å².